The number of nitrogens with two attached hydrogens (primary N) is 1. The molecule has 0 spiro atoms. The molecule has 100 valence electrons. The van der Waals surface area contributed by atoms with Crippen LogP contribution < -0.4 is 10.0 Å². The Labute approximate surface area is 107 Å². The van der Waals surface area contributed by atoms with E-state index < -0.39 is 14.9 Å². The van der Waals surface area contributed by atoms with Crippen LogP contribution in [0.4, 0.5) is 10.7 Å². The van der Waals surface area contributed by atoms with Gasteiger partial charge in [-0.15, -0.1) is 0 Å². The quantitative estimate of drug-likeness (QED) is 0.626. The third-order valence-corrected chi connectivity index (χ3v) is 5.05. The molecule has 0 unspecified atom stereocenters. The topological polar surface area (TPSA) is 116 Å². The van der Waals surface area contributed by atoms with Gasteiger partial charge in [-0.25, -0.2) is 13.6 Å². The van der Waals surface area contributed by atoms with E-state index in [1.54, 1.807) is 4.90 Å². The summed E-state index contributed by atoms with van der Waals surface area (Å²) in [5.41, 5.74) is -0.231. The number of hydrogen-bond donors (Lipinski definition) is 1. The van der Waals surface area contributed by atoms with E-state index in [-0.39, 0.29) is 9.90 Å². The smallest absolute Gasteiger partial charge is 0.305 e. The minimum Gasteiger partial charge on any atom is -0.378 e. The maximum atomic E-state index is 11.2. The van der Waals surface area contributed by atoms with E-state index in [9.17, 15) is 18.5 Å². The van der Waals surface area contributed by atoms with Gasteiger partial charge in [0.2, 0.25) is 10.0 Å². The summed E-state index contributed by atoms with van der Waals surface area (Å²) in [6, 6.07) is 1.00. The Hall–Kier alpha value is -1.23. The number of nitrogens with zero attached hydrogens (tertiary/aromatic N) is 2. The fourth-order valence-electron chi connectivity index (χ4n) is 1.61. The fraction of sp³-hybridized carbons (Fsp3) is 0.500. The van der Waals surface area contributed by atoms with Gasteiger partial charge in [0.15, 0.2) is 5.00 Å². The van der Waals surface area contributed by atoms with E-state index in [0.717, 1.165) is 17.4 Å². The zero-order chi connectivity index (χ0) is 13.3. The van der Waals surface area contributed by atoms with Crippen molar-refractivity contribution in [3.63, 3.8) is 0 Å². The van der Waals surface area contributed by atoms with Crippen LogP contribution in [0.25, 0.3) is 0 Å². The lowest BCUT2D eigenvalue weighted by Crippen LogP contribution is -2.35. The molecule has 0 amide bonds. The summed E-state index contributed by atoms with van der Waals surface area (Å²) in [6.45, 7) is 1.90. The SMILES string of the molecule is NS(=O)(=O)c1cc([N+](=O)[O-])c(N2CCOCC2)s1. The predicted octanol–water partition coefficient (Wildman–Crippen LogP) is 0.140. The summed E-state index contributed by atoms with van der Waals surface area (Å²) in [6.07, 6.45) is 0. The van der Waals surface area contributed by atoms with E-state index in [1.807, 2.05) is 0 Å². The molecule has 0 aliphatic carbocycles. The van der Waals surface area contributed by atoms with Crippen molar-refractivity contribution in [2.45, 2.75) is 4.21 Å². The Morgan fingerprint density at radius 1 is 1.44 bits per heavy atom. The van der Waals surface area contributed by atoms with Crippen molar-refractivity contribution in [3.05, 3.63) is 16.2 Å². The van der Waals surface area contributed by atoms with Gasteiger partial charge in [0.05, 0.1) is 18.1 Å². The molecule has 2 heterocycles. The second-order valence-corrected chi connectivity index (χ2v) is 6.48. The van der Waals surface area contributed by atoms with Crippen LogP contribution in [0.3, 0.4) is 0 Å². The first-order valence-corrected chi connectivity index (χ1v) is 7.39. The molecule has 0 atom stereocenters. The van der Waals surface area contributed by atoms with E-state index in [1.165, 1.54) is 0 Å². The number of morpholine rings is 1. The number of nitro groups is 1. The van der Waals surface area contributed by atoms with Crippen molar-refractivity contribution in [2.24, 2.45) is 5.14 Å². The zero-order valence-electron chi connectivity index (χ0n) is 9.24. The summed E-state index contributed by atoms with van der Waals surface area (Å²) in [5, 5.41) is 16.2. The van der Waals surface area contributed by atoms with Gasteiger partial charge in [0.25, 0.3) is 0 Å². The lowest BCUT2D eigenvalue weighted by molar-refractivity contribution is -0.383. The van der Waals surface area contributed by atoms with Crippen molar-refractivity contribution < 1.29 is 18.1 Å². The molecule has 1 aliphatic rings. The van der Waals surface area contributed by atoms with Gasteiger partial charge in [0.1, 0.15) is 4.21 Å². The molecule has 18 heavy (non-hydrogen) atoms. The summed E-state index contributed by atoms with van der Waals surface area (Å²) < 4.78 is 27.4. The molecule has 2 rings (SSSR count). The molecule has 0 bridgehead atoms. The zero-order valence-corrected chi connectivity index (χ0v) is 10.9. The average molecular weight is 293 g/mol. The number of rotatable bonds is 3. The minimum absolute atomic E-state index is 0.198. The summed E-state index contributed by atoms with van der Waals surface area (Å²) >= 11 is 0.817. The number of sulfonamides is 1. The van der Waals surface area contributed by atoms with Crippen molar-refractivity contribution in [1.82, 2.24) is 0 Å². The van der Waals surface area contributed by atoms with Crippen molar-refractivity contribution in [3.8, 4) is 0 Å². The van der Waals surface area contributed by atoms with Gasteiger partial charge < -0.3 is 9.64 Å². The standard InChI is InChI=1S/C8H11N3O5S2/c9-18(14,15)7-5-6(11(12)13)8(17-7)10-1-3-16-4-2-10/h5H,1-4H2,(H2,9,14,15). The Morgan fingerprint density at radius 3 is 2.56 bits per heavy atom. The van der Waals surface area contributed by atoms with Crippen LogP contribution in [0.1, 0.15) is 0 Å². The van der Waals surface area contributed by atoms with Gasteiger partial charge in [-0.1, -0.05) is 11.3 Å². The normalized spacial score (nSPS) is 16.8. The van der Waals surface area contributed by atoms with Gasteiger partial charge in [-0.05, 0) is 0 Å². The third kappa shape index (κ3) is 2.61. The van der Waals surface area contributed by atoms with Crippen LogP contribution in [0.15, 0.2) is 10.3 Å². The van der Waals surface area contributed by atoms with Crippen LogP contribution in [-0.4, -0.2) is 39.6 Å². The van der Waals surface area contributed by atoms with E-state index in [4.69, 9.17) is 9.88 Å². The van der Waals surface area contributed by atoms with Crippen LogP contribution in [0.2, 0.25) is 0 Å². The van der Waals surface area contributed by atoms with Gasteiger partial charge in [-0.3, -0.25) is 10.1 Å². The molecule has 2 N–H and O–H groups in total. The largest absolute Gasteiger partial charge is 0.378 e. The van der Waals surface area contributed by atoms with E-state index in [2.05, 4.69) is 0 Å². The molecule has 1 aliphatic heterocycles. The lowest BCUT2D eigenvalue weighted by Gasteiger charge is -2.26. The number of hydrogen-bond acceptors (Lipinski definition) is 7. The van der Waals surface area contributed by atoms with Crippen molar-refractivity contribution in [1.29, 1.82) is 0 Å². The Kier molecular flexibility index (Phi) is 3.52. The first-order valence-electron chi connectivity index (χ1n) is 5.03. The Morgan fingerprint density at radius 2 is 2.06 bits per heavy atom. The predicted molar refractivity (Wildman–Crippen MR) is 65.4 cm³/mol. The molecule has 0 radical (unpaired) electrons. The molecular weight excluding hydrogens is 282 g/mol. The molecule has 1 aromatic heterocycles. The Balaban J connectivity index is 2.44. The summed E-state index contributed by atoms with van der Waals surface area (Å²) in [7, 11) is -3.92. The highest BCUT2D eigenvalue weighted by Gasteiger charge is 2.28. The van der Waals surface area contributed by atoms with Crippen molar-refractivity contribution in [2.75, 3.05) is 31.2 Å². The second-order valence-electron chi connectivity index (χ2n) is 3.66. The van der Waals surface area contributed by atoms with Crippen LogP contribution in [0, 0.1) is 10.1 Å². The molecular formula is C8H11N3O5S2. The molecule has 0 aromatic carbocycles. The van der Waals surface area contributed by atoms with E-state index >= 15 is 0 Å². The maximum absolute atomic E-state index is 11.2. The Bertz CT molecular complexity index is 561. The highest BCUT2D eigenvalue weighted by atomic mass is 32.2. The number of thiophene rings is 1. The minimum atomic E-state index is -3.92. The number of primary sulfonamides is 1. The molecule has 10 heteroatoms. The highest BCUT2D eigenvalue weighted by Crippen LogP contribution is 2.39. The fourth-order valence-corrected chi connectivity index (χ4v) is 3.50. The molecule has 1 saturated heterocycles. The molecule has 1 aromatic rings. The van der Waals surface area contributed by atoms with Gasteiger partial charge in [0, 0.05) is 19.2 Å². The second kappa shape index (κ2) is 4.80. The van der Waals surface area contributed by atoms with Crippen LogP contribution >= 0.6 is 11.3 Å². The number of anilines is 1. The summed E-state index contributed by atoms with van der Waals surface area (Å²) in [4.78, 5) is 12.1. The van der Waals surface area contributed by atoms with Crippen LogP contribution in [0.5, 0.6) is 0 Å². The first-order chi connectivity index (χ1) is 8.39. The third-order valence-electron chi connectivity index (χ3n) is 2.45. The van der Waals surface area contributed by atoms with E-state index in [0.29, 0.717) is 31.3 Å². The average Bonchev–Trinajstić information content (AvgIpc) is 2.74. The lowest BCUT2D eigenvalue weighted by atomic mass is 10.4. The monoisotopic (exact) mass is 293 g/mol. The highest BCUT2D eigenvalue weighted by molar-refractivity contribution is 7.91. The molecule has 1 fully saturated rings. The molecule has 8 nitrogen and oxygen atoms in total. The maximum Gasteiger partial charge on any atom is 0.305 e. The first kappa shape index (κ1) is 13.2. The van der Waals surface area contributed by atoms with Gasteiger partial charge in [-0.2, -0.15) is 0 Å². The number of ether oxygens (including phenoxy) is 1. The summed E-state index contributed by atoms with van der Waals surface area (Å²) in [5.74, 6) is 0. The van der Waals surface area contributed by atoms with Crippen LogP contribution in [-0.2, 0) is 14.8 Å². The van der Waals surface area contributed by atoms with Gasteiger partial charge >= 0.3 is 5.69 Å². The van der Waals surface area contributed by atoms with Crippen molar-refractivity contribution >= 4 is 32.0 Å². The molecule has 0 saturated carbocycles.